The second kappa shape index (κ2) is 8.89. The molecular weight excluding hydrogens is 340 g/mol. The van der Waals surface area contributed by atoms with Gasteiger partial charge in [0.2, 0.25) is 5.91 Å². The minimum atomic E-state index is -0.175. The van der Waals surface area contributed by atoms with Crippen molar-refractivity contribution in [3.05, 3.63) is 77.3 Å². The van der Waals surface area contributed by atoms with Gasteiger partial charge in [0.15, 0.2) is 0 Å². The van der Waals surface area contributed by atoms with Crippen molar-refractivity contribution in [3.63, 3.8) is 0 Å². The molecule has 0 saturated heterocycles. The van der Waals surface area contributed by atoms with Crippen LogP contribution in [0.1, 0.15) is 19.8 Å². The highest BCUT2D eigenvalue weighted by Crippen LogP contribution is 2.15. The van der Waals surface area contributed by atoms with Crippen molar-refractivity contribution < 1.29 is 4.79 Å². The molecule has 0 fully saturated rings. The number of amides is 1. The van der Waals surface area contributed by atoms with Crippen molar-refractivity contribution >= 4 is 11.6 Å². The molecule has 3 rings (SSSR count). The Labute approximate surface area is 158 Å². The van der Waals surface area contributed by atoms with Gasteiger partial charge in [-0.15, -0.1) is 0 Å². The molecule has 0 bridgehead atoms. The number of nitrogens with zero attached hydrogens (tertiary/aromatic N) is 4. The third kappa shape index (κ3) is 4.67. The quantitative estimate of drug-likeness (QED) is 0.647. The van der Waals surface area contributed by atoms with Crippen molar-refractivity contribution in [1.29, 1.82) is 0 Å². The van der Waals surface area contributed by atoms with Crippen LogP contribution < -0.4 is 10.5 Å². The summed E-state index contributed by atoms with van der Waals surface area (Å²) in [5, 5.41) is 4.40. The van der Waals surface area contributed by atoms with E-state index < -0.39 is 0 Å². The van der Waals surface area contributed by atoms with E-state index in [1.807, 2.05) is 49.4 Å². The Morgan fingerprint density at radius 1 is 1.07 bits per heavy atom. The molecule has 0 N–H and O–H groups in total. The van der Waals surface area contributed by atoms with Crippen LogP contribution in [0, 0.1) is 0 Å². The molecule has 27 heavy (non-hydrogen) atoms. The summed E-state index contributed by atoms with van der Waals surface area (Å²) in [6.07, 6.45) is 4.30. The van der Waals surface area contributed by atoms with Crippen molar-refractivity contribution in [2.24, 2.45) is 0 Å². The molecule has 6 heteroatoms. The van der Waals surface area contributed by atoms with Gasteiger partial charge in [0.1, 0.15) is 0 Å². The highest BCUT2D eigenvalue weighted by molar-refractivity contribution is 5.93. The Morgan fingerprint density at radius 3 is 2.59 bits per heavy atom. The van der Waals surface area contributed by atoms with Crippen molar-refractivity contribution in [2.45, 2.75) is 26.3 Å². The Hall–Kier alpha value is -3.28. The highest BCUT2D eigenvalue weighted by atomic mass is 16.2. The van der Waals surface area contributed by atoms with E-state index >= 15 is 0 Å². The first-order chi connectivity index (χ1) is 13.2. The van der Waals surface area contributed by atoms with Crippen molar-refractivity contribution in [2.75, 3.05) is 11.4 Å². The summed E-state index contributed by atoms with van der Waals surface area (Å²) < 4.78 is 1.41. The zero-order valence-electron chi connectivity index (χ0n) is 15.3. The summed E-state index contributed by atoms with van der Waals surface area (Å²) in [7, 11) is 0. The normalized spacial score (nSPS) is 10.6. The predicted octanol–water partition coefficient (Wildman–Crippen LogP) is 3.14. The van der Waals surface area contributed by atoms with Gasteiger partial charge >= 0.3 is 0 Å². The van der Waals surface area contributed by atoms with E-state index in [4.69, 9.17) is 0 Å². The molecule has 0 radical (unpaired) electrons. The fourth-order valence-electron chi connectivity index (χ4n) is 2.90. The van der Waals surface area contributed by atoms with E-state index in [1.54, 1.807) is 23.4 Å². The summed E-state index contributed by atoms with van der Waals surface area (Å²) in [5.74, 6) is 0.0418. The molecule has 0 spiro atoms. The minimum absolute atomic E-state index is 0.0418. The molecule has 6 nitrogen and oxygen atoms in total. The lowest BCUT2D eigenvalue weighted by Crippen LogP contribution is -2.31. The lowest BCUT2D eigenvalue weighted by molar-refractivity contribution is -0.118. The standard InChI is InChI=1S/C21H22N4O2/c1-2-24(18-9-4-3-5-10-18)20(26)11-7-15-25-21(27)13-12-19(23-25)17-8-6-14-22-16-17/h3-6,8-10,12-14,16H,2,7,11,15H2,1H3. The van der Waals surface area contributed by atoms with E-state index in [0.29, 0.717) is 31.6 Å². The zero-order valence-corrected chi connectivity index (χ0v) is 15.3. The maximum Gasteiger partial charge on any atom is 0.266 e. The molecule has 0 aliphatic rings. The first-order valence-corrected chi connectivity index (χ1v) is 9.03. The molecule has 0 unspecified atom stereocenters. The maximum absolute atomic E-state index is 12.5. The maximum atomic E-state index is 12.5. The van der Waals surface area contributed by atoms with Crippen LogP contribution in [0.4, 0.5) is 5.69 Å². The van der Waals surface area contributed by atoms with Gasteiger partial charge in [-0.05, 0) is 43.7 Å². The molecule has 0 aliphatic carbocycles. The molecule has 3 aromatic rings. The summed E-state index contributed by atoms with van der Waals surface area (Å²) in [6, 6.07) is 16.5. The number of aryl methyl sites for hydroxylation is 1. The number of carbonyl (C=O) groups excluding carboxylic acids is 1. The second-order valence-electron chi connectivity index (χ2n) is 6.10. The number of benzene rings is 1. The van der Waals surface area contributed by atoms with Crippen LogP contribution in [0.3, 0.4) is 0 Å². The summed E-state index contributed by atoms with van der Waals surface area (Å²) in [4.78, 5) is 30.5. The highest BCUT2D eigenvalue weighted by Gasteiger charge is 2.13. The lowest BCUT2D eigenvalue weighted by atomic mass is 10.2. The van der Waals surface area contributed by atoms with Gasteiger partial charge in [-0.25, -0.2) is 4.68 Å². The van der Waals surface area contributed by atoms with Crippen LogP contribution in [0.15, 0.2) is 71.8 Å². The number of aromatic nitrogens is 3. The third-order valence-electron chi connectivity index (χ3n) is 4.27. The zero-order chi connectivity index (χ0) is 19.1. The first-order valence-electron chi connectivity index (χ1n) is 9.03. The Bertz CT molecular complexity index is 939. The molecule has 1 amide bonds. The molecule has 0 saturated carbocycles. The van der Waals surface area contributed by atoms with Gasteiger partial charge in [0.05, 0.1) is 5.69 Å². The van der Waals surface area contributed by atoms with Gasteiger partial charge < -0.3 is 4.90 Å². The molecule has 1 aromatic carbocycles. The topological polar surface area (TPSA) is 68.1 Å². The Morgan fingerprint density at radius 2 is 1.89 bits per heavy atom. The number of para-hydroxylation sites is 1. The minimum Gasteiger partial charge on any atom is -0.313 e. The predicted molar refractivity (Wildman–Crippen MR) is 105 cm³/mol. The molecule has 2 heterocycles. The third-order valence-corrected chi connectivity index (χ3v) is 4.27. The molecular formula is C21H22N4O2. The first kappa shape index (κ1) is 18.5. The van der Waals surface area contributed by atoms with E-state index in [0.717, 1.165) is 11.3 Å². The summed E-state index contributed by atoms with van der Waals surface area (Å²) in [5.41, 5.74) is 2.25. The van der Waals surface area contributed by atoms with E-state index in [-0.39, 0.29) is 11.5 Å². The van der Waals surface area contributed by atoms with Gasteiger partial charge in [0.25, 0.3) is 5.56 Å². The Balaban J connectivity index is 1.65. The number of anilines is 1. The van der Waals surface area contributed by atoms with Crippen LogP contribution in [0.2, 0.25) is 0 Å². The van der Waals surface area contributed by atoms with Gasteiger partial charge in [-0.1, -0.05) is 18.2 Å². The average Bonchev–Trinajstić information content (AvgIpc) is 2.71. The number of carbonyl (C=O) groups is 1. The van der Waals surface area contributed by atoms with Crippen LogP contribution in [-0.2, 0) is 11.3 Å². The number of rotatable bonds is 7. The summed E-state index contributed by atoms with van der Waals surface area (Å²) >= 11 is 0. The number of hydrogen-bond acceptors (Lipinski definition) is 4. The molecule has 0 aliphatic heterocycles. The fraction of sp³-hybridized carbons (Fsp3) is 0.238. The SMILES string of the molecule is CCN(C(=O)CCCn1nc(-c2cccnc2)ccc1=O)c1ccccc1. The van der Waals surface area contributed by atoms with E-state index in [9.17, 15) is 9.59 Å². The number of hydrogen-bond donors (Lipinski definition) is 0. The monoisotopic (exact) mass is 362 g/mol. The van der Waals surface area contributed by atoms with Crippen molar-refractivity contribution in [1.82, 2.24) is 14.8 Å². The smallest absolute Gasteiger partial charge is 0.266 e. The largest absolute Gasteiger partial charge is 0.313 e. The molecule has 0 atom stereocenters. The van der Waals surface area contributed by atoms with Gasteiger partial charge in [-0.2, -0.15) is 5.10 Å². The lowest BCUT2D eigenvalue weighted by Gasteiger charge is -2.21. The second-order valence-corrected chi connectivity index (χ2v) is 6.10. The van der Waals surface area contributed by atoms with Crippen LogP contribution in [0.25, 0.3) is 11.3 Å². The van der Waals surface area contributed by atoms with Crippen molar-refractivity contribution in [3.8, 4) is 11.3 Å². The number of pyridine rings is 1. The molecule has 2 aromatic heterocycles. The fourth-order valence-corrected chi connectivity index (χ4v) is 2.90. The van der Waals surface area contributed by atoms with E-state index in [1.165, 1.54) is 10.7 Å². The Kier molecular flexibility index (Phi) is 6.10. The van der Waals surface area contributed by atoms with Crippen LogP contribution in [-0.4, -0.2) is 27.2 Å². The summed E-state index contributed by atoms with van der Waals surface area (Å²) in [6.45, 7) is 2.96. The van der Waals surface area contributed by atoms with Gasteiger partial charge in [-0.3, -0.25) is 14.6 Å². The van der Waals surface area contributed by atoms with Gasteiger partial charge in [0, 0.05) is 49.2 Å². The van der Waals surface area contributed by atoms with E-state index in [2.05, 4.69) is 10.1 Å². The molecule has 138 valence electrons. The van der Waals surface area contributed by atoms with Crippen LogP contribution in [0.5, 0.6) is 0 Å². The average molecular weight is 362 g/mol. The van der Waals surface area contributed by atoms with Crippen LogP contribution >= 0.6 is 0 Å².